The molecule has 19 heavy (non-hydrogen) atoms. The molecular formula is C15H20O3S. The van der Waals surface area contributed by atoms with Gasteiger partial charge in [-0.2, -0.15) is 0 Å². The number of epoxide rings is 1. The molecule has 0 amide bonds. The van der Waals surface area contributed by atoms with E-state index in [9.17, 15) is 4.79 Å². The van der Waals surface area contributed by atoms with Crippen molar-refractivity contribution in [2.24, 2.45) is 0 Å². The second-order valence-corrected chi connectivity index (χ2v) is 7.35. The average molecular weight is 280 g/mol. The molecule has 1 aliphatic rings. The Morgan fingerprint density at radius 1 is 1.37 bits per heavy atom. The van der Waals surface area contributed by atoms with Crippen molar-refractivity contribution in [2.45, 2.75) is 49.5 Å². The summed E-state index contributed by atoms with van der Waals surface area (Å²) in [6.45, 7) is 8.71. The number of hydrogen-bond donors (Lipinski definition) is 0. The van der Waals surface area contributed by atoms with Gasteiger partial charge in [-0.05, 0) is 18.6 Å². The van der Waals surface area contributed by atoms with Gasteiger partial charge in [0.15, 0.2) is 6.10 Å². The molecule has 1 aromatic rings. The third-order valence-corrected chi connectivity index (χ3v) is 3.86. The van der Waals surface area contributed by atoms with Crippen molar-refractivity contribution < 1.29 is 14.3 Å². The minimum atomic E-state index is -0.429. The zero-order valence-corrected chi connectivity index (χ0v) is 12.6. The molecule has 0 saturated carbocycles. The van der Waals surface area contributed by atoms with Crippen LogP contribution in [0.25, 0.3) is 0 Å². The summed E-state index contributed by atoms with van der Waals surface area (Å²) in [6, 6.07) is 8.10. The van der Waals surface area contributed by atoms with E-state index in [2.05, 4.69) is 26.8 Å². The molecule has 0 radical (unpaired) electrons. The molecule has 0 aliphatic carbocycles. The van der Waals surface area contributed by atoms with E-state index in [1.54, 1.807) is 18.7 Å². The first-order chi connectivity index (χ1) is 8.92. The van der Waals surface area contributed by atoms with Gasteiger partial charge in [-0.1, -0.05) is 39.0 Å². The summed E-state index contributed by atoms with van der Waals surface area (Å²) in [5, 5.41) is 0. The van der Waals surface area contributed by atoms with Crippen LogP contribution in [0, 0.1) is 0 Å². The summed E-state index contributed by atoms with van der Waals surface area (Å²) >= 11 is 1.79. The number of benzene rings is 1. The molecule has 2 atom stereocenters. The Labute approximate surface area is 118 Å². The standard InChI is InChI=1S/C15H20O3S/c1-5-17-14(16)13-12(18-13)10-8-6-7-9-11(10)19-15(2,3)4/h6-9,12-13H,5H2,1-4H3. The lowest BCUT2D eigenvalue weighted by molar-refractivity contribution is -0.144. The molecule has 1 aromatic carbocycles. The number of rotatable bonds is 4. The van der Waals surface area contributed by atoms with Crippen LogP contribution in [0.2, 0.25) is 0 Å². The van der Waals surface area contributed by atoms with Crippen molar-refractivity contribution in [3.63, 3.8) is 0 Å². The van der Waals surface area contributed by atoms with Gasteiger partial charge >= 0.3 is 5.97 Å². The van der Waals surface area contributed by atoms with Crippen LogP contribution >= 0.6 is 11.8 Å². The summed E-state index contributed by atoms with van der Waals surface area (Å²) in [6.07, 6.45) is -0.577. The molecule has 104 valence electrons. The second-order valence-electron chi connectivity index (χ2n) is 5.48. The highest BCUT2D eigenvalue weighted by Gasteiger charge is 2.48. The van der Waals surface area contributed by atoms with Crippen LogP contribution < -0.4 is 0 Å². The first-order valence-corrected chi connectivity index (χ1v) is 7.34. The third kappa shape index (κ3) is 3.74. The van der Waals surface area contributed by atoms with Crippen molar-refractivity contribution >= 4 is 17.7 Å². The molecule has 1 fully saturated rings. The van der Waals surface area contributed by atoms with E-state index in [0.29, 0.717) is 6.61 Å². The van der Waals surface area contributed by atoms with Gasteiger partial charge < -0.3 is 9.47 Å². The van der Waals surface area contributed by atoms with Gasteiger partial charge in [-0.3, -0.25) is 0 Å². The Bertz CT molecular complexity index is 465. The molecule has 2 rings (SSSR count). The van der Waals surface area contributed by atoms with Gasteiger partial charge in [0.25, 0.3) is 0 Å². The van der Waals surface area contributed by atoms with Crippen LogP contribution in [0.3, 0.4) is 0 Å². The third-order valence-electron chi connectivity index (χ3n) is 2.65. The molecule has 0 aromatic heterocycles. The van der Waals surface area contributed by atoms with Gasteiger partial charge in [0, 0.05) is 9.64 Å². The Morgan fingerprint density at radius 2 is 2.05 bits per heavy atom. The predicted molar refractivity (Wildman–Crippen MR) is 76.3 cm³/mol. The minimum Gasteiger partial charge on any atom is -0.464 e. The van der Waals surface area contributed by atoms with E-state index >= 15 is 0 Å². The lowest BCUT2D eigenvalue weighted by atomic mass is 10.1. The fourth-order valence-electron chi connectivity index (χ4n) is 1.89. The maximum atomic E-state index is 11.6. The van der Waals surface area contributed by atoms with E-state index in [1.165, 1.54) is 4.90 Å². The Hall–Kier alpha value is -1.00. The average Bonchev–Trinajstić information content (AvgIpc) is 3.08. The van der Waals surface area contributed by atoms with Crippen LogP contribution in [-0.4, -0.2) is 23.4 Å². The first-order valence-electron chi connectivity index (χ1n) is 6.52. The number of hydrogen-bond acceptors (Lipinski definition) is 4. The van der Waals surface area contributed by atoms with Gasteiger partial charge in [-0.15, -0.1) is 11.8 Å². The molecule has 1 aliphatic heterocycles. The Balaban J connectivity index is 2.12. The van der Waals surface area contributed by atoms with Crippen LogP contribution in [0.4, 0.5) is 0 Å². The SMILES string of the molecule is CCOC(=O)C1OC1c1ccccc1SC(C)(C)C. The number of carbonyl (C=O) groups is 1. The van der Waals surface area contributed by atoms with Gasteiger partial charge in [0.2, 0.25) is 0 Å². The zero-order chi connectivity index (χ0) is 14.0. The summed E-state index contributed by atoms with van der Waals surface area (Å²) in [4.78, 5) is 12.8. The molecule has 1 heterocycles. The molecule has 2 unspecified atom stereocenters. The largest absolute Gasteiger partial charge is 0.464 e. The Morgan fingerprint density at radius 3 is 2.68 bits per heavy atom. The Kier molecular flexibility index (Phi) is 4.21. The topological polar surface area (TPSA) is 38.8 Å². The molecule has 0 N–H and O–H groups in total. The second kappa shape index (κ2) is 5.55. The monoisotopic (exact) mass is 280 g/mol. The zero-order valence-electron chi connectivity index (χ0n) is 11.8. The van der Waals surface area contributed by atoms with Crippen LogP contribution in [0.1, 0.15) is 39.4 Å². The highest BCUT2D eigenvalue weighted by molar-refractivity contribution is 8.00. The molecule has 0 spiro atoms. The van der Waals surface area contributed by atoms with E-state index in [4.69, 9.17) is 9.47 Å². The minimum absolute atomic E-state index is 0.129. The number of thioether (sulfide) groups is 1. The van der Waals surface area contributed by atoms with E-state index in [1.807, 2.05) is 18.2 Å². The van der Waals surface area contributed by atoms with Crippen LogP contribution in [0.5, 0.6) is 0 Å². The number of carbonyl (C=O) groups excluding carboxylic acids is 1. The predicted octanol–water partition coefficient (Wildman–Crippen LogP) is 3.58. The fraction of sp³-hybridized carbons (Fsp3) is 0.533. The fourth-order valence-corrected chi connectivity index (χ4v) is 3.00. The lowest BCUT2D eigenvalue weighted by Crippen LogP contribution is -2.12. The summed E-state index contributed by atoms with van der Waals surface area (Å²) in [5.41, 5.74) is 1.08. The maximum absolute atomic E-state index is 11.6. The van der Waals surface area contributed by atoms with E-state index in [0.717, 1.165) is 5.56 Å². The normalized spacial score (nSPS) is 22.1. The lowest BCUT2D eigenvalue weighted by Gasteiger charge is -2.19. The van der Waals surface area contributed by atoms with Crippen molar-refractivity contribution in [3.05, 3.63) is 29.8 Å². The van der Waals surface area contributed by atoms with Gasteiger partial charge in [0.1, 0.15) is 6.10 Å². The molecule has 4 heteroatoms. The molecule has 1 saturated heterocycles. The highest BCUT2D eigenvalue weighted by atomic mass is 32.2. The number of ether oxygens (including phenoxy) is 2. The smallest absolute Gasteiger partial charge is 0.338 e. The first kappa shape index (κ1) is 14.4. The van der Waals surface area contributed by atoms with Crippen LogP contribution in [-0.2, 0) is 14.3 Å². The molecule has 3 nitrogen and oxygen atoms in total. The van der Waals surface area contributed by atoms with Gasteiger partial charge in [-0.25, -0.2) is 4.79 Å². The van der Waals surface area contributed by atoms with Crippen molar-refractivity contribution in [3.8, 4) is 0 Å². The van der Waals surface area contributed by atoms with Gasteiger partial charge in [0.05, 0.1) is 6.61 Å². The van der Waals surface area contributed by atoms with E-state index in [-0.39, 0.29) is 16.8 Å². The van der Waals surface area contributed by atoms with Crippen molar-refractivity contribution in [1.29, 1.82) is 0 Å². The van der Waals surface area contributed by atoms with E-state index < -0.39 is 6.10 Å². The summed E-state index contributed by atoms with van der Waals surface area (Å²) < 4.78 is 10.6. The van der Waals surface area contributed by atoms with Crippen molar-refractivity contribution in [2.75, 3.05) is 6.61 Å². The maximum Gasteiger partial charge on any atom is 0.338 e. The van der Waals surface area contributed by atoms with Crippen molar-refractivity contribution in [1.82, 2.24) is 0 Å². The highest BCUT2D eigenvalue weighted by Crippen LogP contribution is 2.45. The molecule has 0 bridgehead atoms. The quantitative estimate of drug-likeness (QED) is 0.480. The van der Waals surface area contributed by atoms with Crippen LogP contribution in [0.15, 0.2) is 29.2 Å². The number of esters is 1. The molecular weight excluding hydrogens is 260 g/mol. The summed E-state index contributed by atoms with van der Waals surface area (Å²) in [7, 11) is 0. The summed E-state index contributed by atoms with van der Waals surface area (Å²) in [5.74, 6) is -0.261.